The molecule has 0 aliphatic rings. The normalized spacial score (nSPS) is 11.2. The Balaban J connectivity index is 1.52. The van der Waals surface area contributed by atoms with Crippen molar-refractivity contribution in [1.82, 2.24) is 9.55 Å². The van der Waals surface area contributed by atoms with E-state index in [9.17, 15) is 9.90 Å². The van der Waals surface area contributed by atoms with Crippen LogP contribution in [-0.4, -0.2) is 20.6 Å². The highest BCUT2D eigenvalue weighted by atomic mass is 35.5. The van der Waals surface area contributed by atoms with E-state index >= 15 is 0 Å². The average molecular weight is 465 g/mol. The van der Waals surface area contributed by atoms with Gasteiger partial charge < -0.3 is 9.67 Å². The monoisotopic (exact) mass is 464 g/mol. The first-order valence-electron chi connectivity index (χ1n) is 10.6. The third-order valence-electron chi connectivity index (χ3n) is 5.54. The minimum atomic E-state index is -1.00. The van der Waals surface area contributed by atoms with Gasteiger partial charge in [-0.05, 0) is 60.4 Å². The number of halogens is 1. The first-order chi connectivity index (χ1) is 15.4. The number of carbonyl (C=O) groups is 1. The van der Waals surface area contributed by atoms with Crippen LogP contribution in [-0.2, 0) is 18.7 Å². The summed E-state index contributed by atoms with van der Waals surface area (Å²) in [5.41, 5.74) is 6.94. The van der Waals surface area contributed by atoms with Crippen molar-refractivity contribution in [2.75, 3.05) is 0 Å². The second-order valence-electron chi connectivity index (χ2n) is 7.93. The van der Waals surface area contributed by atoms with Gasteiger partial charge >= 0.3 is 5.97 Å². The topological polar surface area (TPSA) is 55.1 Å². The second kappa shape index (κ2) is 9.39. The van der Waals surface area contributed by atoms with Crippen molar-refractivity contribution in [2.24, 2.45) is 0 Å². The molecule has 4 rings (SSSR count). The van der Waals surface area contributed by atoms with Gasteiger partial charge in [-0.25, -0.2) is 9.78 Å². The molecule has 4 aromatic rings. The number of benzene rings is 3. The Kier molecular flexibility index (Phi) is 6.58. The second-order valence-corrected chi connectivity index (χ2v) is 9.36. The maximum Gasteiger partial charge on any atom is 0.337 e. The lowest BCUT2D eigenvalue weighted by Crippen LogP contribution is -2.05. The molecule has 0 unspecified atom stereocenters. The number of carboxylic acid groups (broad SMARTS) is 1. The number of aromatic carboxylic acids is 1. The highest BCUT2D eigenvalue weighted by Crippen LogP contribution is 2.30. The molecule has 164 valence electrons. The van der Waals surface area contributed by atoms with Crippen LogP contribution in [0, 0.1) is 13.8 Å². The number of thioether (sulfide) groups is 1. The molecule has 0 aliphatic carbocycles. The summed E-state index contributed by atoms with van der Waals surface area (Å²) in [6.45, 7) is 7.18. The Hall–Kier alpha value is -2.76. The van der Waals surface area contributed by atoms with Crippen LogP contribution >= 0.6 is 23.4 Å². The molecular formula is C26H25ClN2O2S. The molecular weight excluding hydrogens is 440 g/mol. The summed E-state index contributed by atoms with van der Waals surface area (Å²) in [6.07, 6.45) is 0.886. The third kappa shape index (κ3) is 4.54. The summed E-state index contributed by atoms with van der Waals surface area (Å²) in [4.78, 5) is 17.3. The lowest BCUT2D eigenvalue weighted by Gasteiger charge is -2.11. The van der Waals surface area contributed by atoms with E-state index in [1.807, 2.05) is 6.07 Å². The predicted molar refractivity (Wildman–Crippen MR) is 132 cm³/mol. The first-order valence-corrected chi connectivity index (χ1v) is 11.9. The van der Waals surface area contributed by atoms with Crippen LogP contribution in [0.4, 0.5) is 0 Å². The Bertz CT molecular complexity index is 1300. The van der Waals surface area contributed by atoms with E-state index in [-0.39, 0.29) is 5.56 Å². The molecule has 0 aliphatic heterocycles. The van der Waals surface area contributed by atoms with Gasteiger partial charge in [-0.2, -0.15) is 0 Å². The molecule has 0 fully saturated rings. The molecule has 3 aromatic carbocycles. The van der Waals surface area contributed by atoms with Gasteiger partial charge in [-0.15, -0.1) is 11.8 Å². The van der Waals surface area contributed by atoms with Crippen molar-refractivity contribution in [2.45, 2.75) is 44.4 Å². The van der Waals surface area contributed by atoms with Crippen LogP contribution in [0.15, 0.2) is 59.5 Å². The van der Waals surface area contributed by atoms with E-state index in [1.54, 1.807) is 17.8 Å². The van der Waals surface area contributed by atoms with Gasteiger partial charge in [0.2, 0.25) is 0 Å². The fourth-order valence-electron chi connectivity index (χ4n) is 4.03. The Morgan fingerprint density at radius 2 is 1.88 bits per heavy atom. The number of aryl methyl sites for hydroxylation is 3. The highest BCUT2D eigenvalue weighted by molar-refractivity contribution is 7.98. The van der Waals surface area contributed by atoms with E-state index in [1.165, 1.54) is 28.3 Å². The zero-order valence-corrected chi connectivity index (χ0v) is 19.9. The minimum absolute atomic E-state index is 0.143. The highest BCUT2D eigenvalue weighted by Gasteiger charge is 2.14. The van der Waals surface area contributed by atoms with E-state index in [0.29, 0.717) is 10.8 Å². The maximum atomic E-state index is 11.3. The standard InChI is InChI=1S/C26H25ClN2O2S/c1-4-23-28-22-13-16(2)12-17(3)25(22)29(23)14-18-8-10-20(11-9-18)32-15-19-6-5-7-21(24(19)27)26(30)31/h5-13H,4,14-15H2,1-3H3,(H,30,31). The maximum absolute atomic E-state index is 11.3. The lowest BCUT2D eigenvalue weighted by atomic mass is 10.1. The van der Waals surface area contributed by atoms with Gasteiger partial charge in [-0.3, -0.25) is 0 Å². The summed E-state index contributed by atoms with van der Waals surface area (Å²) in [6, 6.07) is 18.0. The van der Waals surface area contributed by atoms with Gasteiger partial charge in [0.05, 0.1) is 21.6 Å². The number of fused-ring (bicyclic) bond motifs is 1. The zero-order valence-electron chi connectivity index (χ0n) is 18.4. The van der Waals surface area contributed by atoms with Gasteiger partial charge in [0.25, 0.3) is 0 Å². The van der Waals surface area contributed by atoms with Crippen LogP contribution in [0.5, 0.6) is 0 Å². The summed E-state index contributed by atoms with van der Waals surface area (Å²) < 4.78 is 2.32. The summed E-state index contributed by atoms with van der Waals surface area (Å²) in [7, 11) is 0. The SMILES string of the molecule is CCc1nc2cc(C)cc(C)c2n1Cc1ccc(SCc2cccc(C(=O)O)c2Cl)cc1. The fourth-order valence-corrected chi connectivity index (χ4v) is 5.28. The smallest absolute Gasteiger partial charge is 0.337 e. The van der Waals surface area contributed by atoms with Crippen LogP contribution < -0.4 is 0 Å². The molecule has 1 heterocycles. The van der Waals surface area contributed by atoms with Crippen molar-refractivity contribution < 1.29 is 9.90 Å². The Morgan fingerprint density at radius 1 is 1.12 bits per heavy atom. The van der Waals surface area contributed by atoms with Crippen molar-refractivity contribution in [3.05, 3.63) is 93.3 Å². The number of rotatable bonds is 7. The number of hydrogen-bond acceptors (Lipinski definition) is 3. The van der Waals surface area contributed by atoms with Gasteiger partial charge in [-0.1, -0.05) is 48.9 Å². The Morgan fingerprint density at radius 3 is 2.56 bits per heavy atom. The van der Waals surface area contributed by atoms with Crippen molar-refractivity contribution in [3.63, 3.8) is 0 Å². The molecule has 4 nitrogen and oxygen atoms in total. The predicted octanol–water partition coefficient (Wildman–Crippen LogP) is 6.91. The summed E-state index contributed by atoms with van der Waals surface area (Å²) in [5.74, 6) is 0.708. The van der Waals surface area contributed by atoms with Crippen LogP contribution in [0.25, 0.3) is 11.0 Å². The van der Waals surface area contributed by atoms with Gasteiger partial charge in [0.1, 0.15) is 5.82 Å². The first kappa shape index (κ1) is 22.4. The molecule has 1 N–H and O–H groups in total. The molecule has 32 heavy (non-hydrogen) atoms. The molecule has 0 saturated carbocycles. The van der Waals surface area contributed by atoms with Gasteiger partial charge in [0.15, 0.2) is 0 Å². The largest absolute Gasteiger partial charge is 0.478 e. The Labute approximate surface area is 197 Å². The summed E-state index contributed by atoms with van der Waals surface area (Å²) >= 11 is 7.91. The number of aromatic nitrogens is 2. The lowest BCUT2D eigenvalue weighted by molar-refractivity contribution is 0.0697. The molecule has 0 spiro atoms. The van der Waals surface area contributed by atoms with Gasteiger partial charge in [0, 0.05) is 23.6 Å². The van der Waals surface area contributed by atoms with Crippen molar-refractivity contribution in [1.29, 1.82) is 0 Å². The van der Waals surface area contributed by atoms with E-state index in [4.69, 9.17) is 16.6 Å². The molecule has 6 heteroatoms. The molecule has 0 saturated heterocycles. The number of nitrogens with zero attached hydrogens (tertiary/aromatic N) is 2. The van der Waals surface area contributed by atoms with Crippen LogP contribution in [0.3, 0.4) is 0 Å². The van der Waals surface area contributed by atoms with E-state index < -0.39 is 5.97 Å². The van der Waals surface area contributed by atoms with Crippen LogP contribution in [0.2, 0.25) is 5.02 Å². The fraction of sp³-hybridized carbons (Fsp3) is 0.231. The minimum Gasteiger partial charge on any atom is -0.478 e. The van der Waals surface area contributed by atoms with E-state index in [2.05, 4.69) is 61.7 Å². The quantitative estimate of drug-likeness (QED) is 0.302. The van der Waals surface area contributed by atoms with Crippen molar-refractivity contribution in [3.8, 4) is 0 Å². The van der Waals surface area contributed by atoms with Crippen LogP contribution in [0.1, 0.15) is 45.4 Å². The third-order valence-corrected chi connectivity index (χ3v) is 7.05. The number of carboxylic acids is 1. The molecule has 0 radical (unpaired) electrons. The van der Waals surface area contributed by atoms with Crippen molar-refractivity contribution >= 4 is 40.4 Å². The average Bonchev–Trinajstić information content (AvgIpc) is 3.11. The molecule has 0 bridgehead atoms. The zero-order chi connectivity index (χ0) is 22.8. The number of hydrogen-bond donors (Lipinski definition) is 1. The molecule has 0 amide bonds. The molecule has 0 atom stereocenters. The van der Waals surface area contributed by atoms with E-state index in [0.717, 1.165) is 34.8 Å². The summed E-state index contributed by atoms with van der Waals surface area (Å²) in [5, 5.41) is 9.56. The molecule has 1 aromatic heterocycles. The number of imidazole rings is 1.